The molecule has 3 saturated heterocycles. The number of hydrogen-bond donors (Lipinski definition) is 1. The number of nitrogens with one attached hydrogen (secondary N) is 1. The summed E-state index contributed by atoms with van der Waals surface area (Å²) < 4.78 is 11.7. The standard InChI is InChI=1S/C27H30N6O4/c34-26(17-3-4-23-24(10-17)30-31-29-23)32-12-19-14-33(15-20(19)13-32)27(35)18-9-22(16-1-2-16)25(28-11-18)37-21-5-7-36-8-6-21/h3-4,9-11,16,19-21H,1-2,5-8,12-15H2,(H,29,30,31)/t19-,20?/m0/s1. The van der Waals surface area contributed by atoms with Gasteiger partial charge in [0.15, 0.2) is 0 Å². The molecule has 0 spiro atoms. The molecule has 4 aliphatic rings. The fourth-order valence-electron chi connectivity index (χ4n) is 5.99. The molecule has 1 saturated carbocycles. The van der Waals surface area contributed by atoms with Crippen molar-refractivity contribution in [2.45, 2.75) is 37.7 Å². The molecule has 3 aliphatic heterocycles. The van der Waals surface area contributed by atoms with Crippen LogP contribution < -0.4 is 4.74 Å². The number of aromatic nitrogens is 4. The largest absolute Gasteiger partial charge is 0.474 e. The van der Waals surface area contributed by atoms with Gasteiger partial charge in [0.2, 0.25) is 5.88 Å². The summed E-state index contributed by atoms with van der Waals surface area (Å²) in [5.74, 6) is 1.73. The molecule has 5 heterocycles. The topological polar surface area (TPSA) is 114 Å². The molecule has 0 radical (unpaired) electrons. The van der Waals surface area contributed by atoms with Crippen LogP contribution in [-0.2, 0) is 4.74 Å². The van der Waals surface area contributed by atoms with Crippen LogP contribution in [0.4, 0.5) is 0 Å². The number of carbonyl (C=O) groups is 2. The van der Waals surface area contributed by atoms with E-state index in [9.17, 15) is 9.59 Å². The zero-order valence-electron chi connectivity index (χ0n) is 20.6. The average molecular weight is 503 g/mol. The molecular weight excluding hydrogens is 472 g/mol. The molecule has 7 rings (SSSR count). The Labute approximate surface area is 214 Å². The van der Waals surface area contributed by atoms with E-state index >= 15 is 0 Å². The van der Waals surface area contributed by atoms with E-state index in [-0.39, 0.29) is 29.8 Å². The summed E-state index contributed by atoms with van der Waals surface area (Å²) in [5.41, 5.74) is 3.75. The van der Waals surface area contributed by atoms with Crippen LogP contribution in [0.1, 0.15) is 57.9 Å². The maximum absolute atomic E-state index is 13.4. The second-order valence-electron chi connectivity index (χ2n) is 10.8. The van der Waals surface area contributed by atoms with Gasteiger partial charge in [0.25, 0.3) is 11.8 Å². The van der Waals surface area contributed by atoms with Crippen molar-refractivity contribution in [2.24, 2.45) is 11.8 Å². The van der Waals surface area contributed by atoms with Crippen molar-refractivity contribution in [3.8, 4) is 5.88 Å². The van der Waals surface area contributed by atoms with Gasteiger partial charge in [-0.3, -0.25) is 9.59 Å². The van der Waals surface area contributed by atoms with Crippen LogP contribution in [0, 0.1) is 11.8 Å². The molecule has 1 N–H and O–H groups in total. The number of benzene rings is 1. The number of carbonyl (C=O) groups excluding carboxylic acids is 2. The Kier molecular flexibility index (Phi) is 5.57. The number of H-pyrrole nitrogens is 1. The average Bonchev–Trinajstić information content (AvgIpc) is 3.33. The van der Waals surface area contributed by atoms with E-state index in [2.05, 4.69) is 20.4 Å². The van der Waals surface area contributed by atoms with E-state index in [0.29, 0.717) is 54.6 Å². The molecule has 4 fully saturated rings. The van der Waals surface area contributed by atoms with Gasteiger partial charge in [0.05, 0.1) is 18.8 Å². The van der Waals surface area contributed by atoms with E-state index in [0.717, 1.165) is 50.0 Å². The molecule has 1 aliphatic carbocycles. The minimum Gasteiger partial charge on any atom is -0.474 e. The van der Waals surface area contributed by atoms with Crippen LogP contribution in [0.5, 0.6) is 5.88 Å². The van der Waals surface area contributed by atoms with Crippen molar-refractivity contribution in [3.05, 3.63) is 47.2 Å². The number of rotatable bonds is 5. The lowest BCUT2D eigenvalue weighted by Crippen LogP contribution is -2.35. The maximum Gasteiger partial charge on any atom is 0.255 e. The van der Waals surface area contributed by atoms with Gasteiger partial charge in [-0.2, -0.15) is 15.4 Å². The van der Waals surface area contributed by atoms with Crippen molar-refractivity contribution in [1.29, 1.82) is 0 Å². The Bertz CT molecular complexity index is 1330. The van der Waals surface area contributed by atoms with Crippen molar-refractivity contribution in [3.63, 3.8) is 0 Å². The van der Waals surface area contributed by atoms with Crippen LogP contribution in [0.15, 0.2) is 30.5 Å². The first-order valence-electron chi connectivity index (χ1n) is 13.3. The van der Waals surface area contributed by atoms with E-state index in [1.54, 1.807) is 18.3 Å². The third kappa shape index (κ3) is 4.33. The van der Waals surface area contributed by atoms with E-state index in [4.69, 9.17) is 9.47 Å². The second-order valence-corrected chi connectivity index (χ2v) is 10.8. The first-order chi connectivity index (χ1) is 18.1. The fraction of sp³-hybridized carbons (Fsp3) is 0.519. The number of ether oxygens (including phenoxy) is 2. The molecule has 37 heavy (non-hydrogen) atoms. The highest BCUT2D eigenvalue weighted by Crippen LogP contribution is 2.44. The van der Waals surface area contributed by atoms with Crippen molar-refractivity contribution >= 4 is 22.8 Å². The van der Waals surface area contributed by atoms with Gasteiger partial charge in [-0.25, -0.2) is 4.98 Å². The monoisotopic (exact) mass is 502 g/mol. The van der Waals surface area contributed by atoms with Gasteiger partial charge in [0, 0.05) is 68.2 Å². The highest BCUT2D eigenvalue weighted by Gasteiger charge is 2.43. The Morgan fingerprint density at radius 3 is 2.24 bits per heavy atom. The lowest BCUT2D eigenvalue weighted by molar-refractivity contribution is 0.0233. The number of hydrogen-bond acceptors (Lipinski definition) is 7. The zero-order valence-corrected chi connectivity index (χ0v) is 20.6. The van der Waals surface area contributed by atoms with Crippen LogP contribution in [0.2, 0.25) is 0 Å². The molecule has 3 aromatic rings. The molecule has 1 unspecified atom stereocenters. The number of amides is 2. The molecule has 2 amide bonds. The summed E-state index contributed by atoms with van der Waals surface area (Å²) in [5, 5.41) is 10.7. The van der Waals surface area contributed by atoms with Gasteiger partial charge < -0.3 is 19.3 Å². The maximum atomic E-state index is 13.4. The summed E-state index contributed by atoms with van der Waals surface area (Å²) in [7, 11) is 0. The Hall–Kier alpha value is -3.53. The van der Waals surface area contributed by atoms with Gasteiger partial charge in [-0.1, -0.05) is 0 Å². The highest BCUT2D eigenvalue weighted by atomic mass is 16.5. The summed E-state index contributed by atoms with van der Waals surface area (Å²) in [6.07, 6.45) is 5.78. The van der Waals surface area contributed by atoms with Gasteiger partial charge in [-0.05, 0) is 43.0 Å². The zero-order chi connectivity index (χ0) is 24.9. The minimum absolute atomic E-state index is 0.00979. The lowest BCUT2D eigenvalue weighted by Gasteiger charge is -2.24. The number of likely N-dealkylation sites (tertiary alicyclic amines) is 2. The summed E-state index contributed by atoms with van der Waals surface area (Å²) in [6.45, 7) is 4.08. The SMILES string of the molecule is O=C(c1cnc(OC2CCOCC2)c(C2CC2)c1)N1CC2CN(C(=O)c3ccc4n[nH]nc4c3)C[C@H]2C1. The molecule has 192 valence electrons. The quantitative estimate of drug-likeness (QED) is 0.571. The number of pyridine rings is 1. The van der Waals surface area contributed by atoms with Crippen LogP contribution in [-0.4, -0.2) is 87.5 Å². The Morgan fingerprint density at radius 2 is 1.54 bits per heavy atom. The van der Waals surface area contributed by atoms with Gasteiger partial charge in [-0.15, -0.1) is 0 Å². The van der Waals surface area contributed by atoms with E-state index in [1.165, 1.54) is 0 Å². The van der Waals surface area contributed by atoms with Crippen LogP contribution >= 0.6 is 0 Å². The van der Waals surface area contributed by atoms with Gasteiger partial charge in [0.1, 0.15) is 17.1 Å². The minimum atomic E-state index is 0.00979. The molecular formula is C27H30N6O4. The third-order valence-electron chi connectivity index (χ3n) is 8.21. The normalized spacial score (nSPS) is 24.0. The smallest absolute Gasteiger partial charge is 0.255 e. The Morgan fingerprint density at radius 1 is 0.865 bits per heavy atom. The predicted octanol–water partition coefficient (Wildman–Crippen LogP) is 2.63. The van der Waals surface area contributed by atoms with Crippen molar-refractivity contribution < 1.29 is 19.1 Å². The van der Waals surface area contributed by atoms with Crippen LogP contribution in [0.3, 0.4) is 0 Å². The number of aromatic amines is 1. The second kappa shape index (κ2) is 9.09. The third-order valence-corrected chi connectivity index (χ3v) is 8.21. The molecule has 2 aromatic heterocycles. The van der Waals surface area contributed by atoms with Crippen LogP contribution in [0.25, 0.3) is 11.0 Å². The summed E-state index contributed by atoms with van der Waals surface area (Å²) >= 11 is 0. The molecule has 2 atom stereocenters. The molecule has 10 heteroatoms. The fourth-order valence-corrected chi connectivity index (χ4v) is 5.99. The number of fused-ring (bicyclic) bond motifs is 2. The number of nitrogens with zero attached hydrogens (tertiary/aromatic N) is 5. The highest BCUT2D eigenvalue weighted by molar-refractivity contribution is 5.97. The van der Waals surface area contributed by atoms with Gasteiger partial charge >= 0.3 is 0 Å². The Balaban J connectivity index is 1.01. The first-order valence-corrected chi connectivity index (χ1v) is 13.3. The van der Waals surface area contributed by atoms with E-state index in [1.807, 2.05) is 21.9 Å². The lowest BCUT2D eigenvalue weighted by atomic mass is 10.0. The molecule has 0 bridgehead atoms. The van der Waals surface area contributed by atoms with Crippen molar-refractivity contribution in [1.82, 2.24) is 30.2 Å². The summed E-state index contributed by atoms with van der Waals surface area (Å²) in [6, 6.07) is 7.40. The molecule has 10 nitrogen and oxygen atoms in total. The summed E-state index contributed by atoms with van der Waals surface area (Å²) in [4.78, 5) is 35.0. The molecule has 1 aromatic carbocycles. The first kappa shape index (κ1) is 22.7. The van der Waals surface area contributed by atoms with E-state index < -0.39 is 0 Å². The predicted molar refractivity (Wildman–Crippen MR) is 133 cm³/mol. The van der Waals surface area contributed by atoms with Crippen molar-refractivity contribution in [2.75, 3.05) is 39.4 Å².